The van der Waals surface area contributed by atoms with Crippen molar-refractivity contribution in [3.05, 3.63) is 58.1 Å². The average Bonchev–Trinajstić information content (AvgIpc) is 2.61. The Hall–Kier alpha value is -3.32. The summed E-state index contributed by atoms with van der Waals surface area (Å²) >= 11 is 5.99. The predicted octanol–water partition coefficient (Wildman–Crippen LogP) is 3.03. The fourth-order valence-electron chi connectivity index (χ4n) is 2.67. The monoisotopic (exact) mass is 386 g/mol. The molecule has 1 fully saturated rings. The van der Waals surface area contributed by atoms with E-state index in [1.165, 1.54) is 19.2 Å². The van der Waals surface area contributed by atoms with E-state index in [1.807, 2.05) is 13.0 Å². The van der Waals surface area contributed by atoms with Crippen LogP contribution in [0.5, 0.6) is 11.5 Å². The Kier molecular flexibility index (Phi) is 4.87. The first-order valence-corrected chi connectivity index (χ1v) is 8.24. The van der Waals surface area contributed by atoms with Gasteiger partial charge in [0.2, 0.25) is 0 Å². The van der Waals surface area contributed by atoms with Crippen molar-refractivity contribution in [3.63, 3.8) is 0 Å². The molecule has 3 rings (SSSR count). The minimum Gasteiger partial charge on any atom is -0.504 e. The normalized spacial score (nSPS) is 15.9. The third-order valence-corrected chi connectivity index (χ3v) is 4.17. The maximum Gasteiger partial charge on any atom is 0.335 e. The fourth-order valence-corrected chi connectivity index (χ4v) is 2.89. The highest BCUT2D eigenvalue weighted by Crippen LogP contribution is 2.35. The van der Waals surface area contributed by atoms with Crippen molar-refractivity contribution in [1.29, 1.82) is 0 Å². The molecule has 4 amide bonds. The molecule has 1 aliphatic heterocycles. The van der Waals surface area contributed by atoms with Gasteiger partial charge in [-0.1, -0.05) is 23.7 Å². The Balaban J connectivity index is 2.09. The number of rotatable bonds is 3. The van der Waals surface area contributed by atoms with Crippen molar-refractivity contribution < 1.29 is 24.2 Å². The summed E-state index contributed by atoms with van der Waals surface area (Å²) in [5, 5.41) is 12.6. The standard InChI is InChI=1S/C19H15ClN2O5/c1-10-4-3-5-13(6-10)22-18(25)14(17(24)21-19(22)26)8-11-7-12(20)9-15(27-2)16(11)23/h3-9,23H,1-2H3,(H,21,24,26). The lowest BCUT2D eigenvalue weighted by molar-refractivity contribution is -0.122. The molecule has 138 valence electrons. The molecule has 27 heavy (non-hydrogen) atoms. The van der Waals surface area contributed by atoms with Gasteiger partial charge < -0.3 is 9.84 Å². The zero-order valence-electron chi connectivity index (χ0n) is 14.4. The van der Waals surface area contributed by atoms with Crippen LogP contribution in [-0.2, 0) is 9.59 Å². The summed E-state index contributed by atoms with van der Waals surface area (Å²) in [7, 11) is 1.35. The summed E-state index contributed by atoms with van der Waals surface area (Å²) in [6, 6.07) is 8.65. The quantitative estimate of drug-likeness (QED) is 0.624. The Morgan fingerprint density at radius 2 is 1.93 bits per heavy atom. The van der Waals surface area contributed by atoms with E-state index in [4.69, 9.17) is 16.3 Å². The summed E-state index contributed by atoms with van der Waals surface area (Å²) in [5.41, 5.74) is 0.948. The number of carbonyl (C=O) groups is 3. The summed E-state index contributed by atoms with van der Waals surface area (Å²) < 4.78 is 5.02. The molecule has 0 spiro atoms. The van der Waals surface area contributed by atoms with E-state index in [0.29, 0.717) is 5.69 Å². The molecule has 1 saturated heterocycles. The van der Waals surface area contributed by atoms with Crippen molar-refractivity contribution in [2.75, 3.05) is 12.0 Å². The number of nitrogens with one attached hydrogen (secondary N) is 1. The number of amides is 4. The van der Waals surface area contributed by atoms with Gasteiger partial charge in [0.25, 0.3) is 11.8 Å². The number of phenolic OH excluding ortho intramolecular Hbond substituents is 1. The maximum absolute atomic E-state index is 12.8. The number of anilines is 1. The number of aromatic hydroxyl groups is 1. The number of aryl methyl sites for hydroxylation is 1. The number of nitrogens with zero attached hydrogens (tertiary/aromatic N) is 1. The molecule has 0 aromatic heterocycles. The molecule has 8 heteroatoms. The van der Waals surface area contributed by atoms with Gasteiger partial charge in [-0.3, -0.25) is 14.9 Å². The number of hydrogen-bond donors (Lipinski definition) is 2. The van der Waals surface area contributed by atoms with Gasteiger partial charge in [-0.15, -0.1) is 0 Å². The van der Waals surface area contributed by atoms with Crippen LogP contribution in [0, 0.1) is 6.92 Å². The second kappa shape index (κ2) is 7.13. The number of benzene rings is 2. The zero-order valence-corrected chi connectivity index (χ0v) is 15.2. The maximum atomic E-state index is 12.8. The van der Waals surface area contributed by atoms with E-state index in [9.17, 15) is 19.5 Å². The first-order valence-electron chi connectivity index (χ1n) is 7.86. The smallest absolute Gasteiger partial charge is 0.335 e. The first kappa shape index (κ1) is 18.5. The molecule has 7 nitrogen and oxygen atoms in total. The van der Waals surface area contributed by atoms with Gasteiger partial charge in [0, 0.05) is 16.7 Å². The van der Waals surface area contributed by atoms with Crippen LogP contribution in [0.25, 0.3) is 6.08 Å². The molecule has 1 aliphatic rings. The highest BCUT2D eigenvalue weighted by atomic mass is 35.5. The number of hydrogen-bond acceptors (Lipinski definition) is 5. The highest BCUT2D eigenvalue weighted by Gasteiger charge is 2.37. The number of ether oxygens (including phenoxy) is 1. The second-order valence-corrected chi connectivity index (χ2v) is 6.28. The van der Waals surface area contributed by atoms with Crippen LogP contribution in [-0.4, -0.2) is 30.1 Å². The van der Waals surface area contributed by atoms with Crippen LogP contribution in [0.1, 0.15) is 11.1 Å². The Labute approximate surface area is 159 Å². The van der Waals surface area contributed by atoms with E-state index < -0.39 is 17.8 Å². The fraction of sp³-hybridized carbons (Fsp3) is 0.105. The third-order valence-electron chi connectivity index (χ3n) is 3.95. The summed E-state index contributed by atoms with van der Waals surface area (Å²) in [5.74, 6) is -1.88. The van der Waals surface area contributed by atoms with Crippen molar-refractivity contribution in [2.45, 2.75) is 6.92 Å². The lowest BCUT2D eigenvalue weighted by Gasteiger charge is -2.26. The van der Waals surface area contributed by atoms with Crippen LogP contribution in [0.4, 0.5) is 10.5 Å². The molecule has 0 aliphatic carbocycles. The Morgan fingerprint density at radius 3 is 2.59 bits per heavy atom. The minimum absolute atomic E-state index is 0.0876. The van der Waals surface area contributed by atoms with E-state index in [-0.39, 0.29) is 27.7 Å². The van der Waals surface area contributed by atoms with E-state index in [0.717, 1.165) is 16.5 Å². The van der Waals surface area contributed by atoms with Gasteiger partial charge in [-0.2, -0.15) is 0 Å². The predicted molar refractivity (Wildman–Crippen MR) is 99.8 cm³/mol. The highest BCUT2D eigenvalue weighted by molar-refractivity contribution is 6.39. The molecule has 0 bridgehead atoms. The Bertz CT molecular complexity index is 1000. The summed E-state index contributed by atoms with van der Waals surface area (Å²) in [6.07, 6.45) is 1.16. The van der Waals surface area contributed by atoms with Crippen LogP contribution in [0.3, 0.4) is 0 Å². The lowest BCUT2D eigenvalue weighted by Crippen LogP contribution is -2.54. The van der Waals surface area contributed by atoms with Gasteiger partial charge in [-0.25, -0.2) is 9.69 Å². The van der Waals surface area contributed by atoms with Gasteiger partial charge in [-0.05, 0) is 36.8 Å². The van der Waals surface area contributed by atoms with Crippen molar-refractivity contribution in [3.8, 4) is 11.5 Å². The van der Waals surface area contributed by atoms with Crippen LogP contribution >= 0.6 is 11.6 Å². The molecule has 0 saturated carbocycles. The van der Waals surface area contributed by atoms with Gasteiger partial charge in [0.1, 0.15) is 5.57 Å². The molecule has 2 aromatic carbocycles. The molecule has 0 atom stereocenters. The first-order chi connectivity index (χ1) is 12.8. The molecule has 2 N–H and O–H groups in total. The van der Waals surface area contributed by atoms with Crippen LogP contribution < -0.4 is 15.0 Å². The van der Waals surface area contributed by atoms with Crippen LogP contribution in [0.2, 0.25) is 5.02 Å². The summed E-state index contributed by atoms with van der Waals surface area (Å²) in [6.45, 7) is 1.81. The number of imide groups is 2. The lowest BCUT2D eigenvalue weighted by atomic mass is 10.1. The van der Waals surface area contributed by atoms with E-state index in [2.05, 4.69) is 5.32 Å². The van der Waals surface area contributed by atoms with Crippen molar-refractivity contribution in [2.24, 2.45) is 0 Å². The van der Waals surface area contributed by atoms with Crippen LogP contribution in [0.15, 0.2) is 42.0 Å². The summed E-state index contributed by atoms with van der Waals surface area (Å²) in [4.78, 5) is 38.1. The van der Waals surface area contributed by atoms with Gasteiger partial charge in [0.15, 0.2) is 11.5 Å². The number of urea groups is 1. The number of methoxy groups -OCH3 is 1. The number of barbiturate groups is 1. The SMILES string of the molecule is COc1cc(Cl)cc(C=C2C(=O)NC(=O)N(c3cccc(C)c3)C2=O)c1O. The second-order valence-electron chi connectivity index (χ2n) is 5.84. The molecule has 0 unspecified atom stereocenters. The van der Waals surface area contributed by atoms with Crippen molar-refractivity contribution >= 4 is 41.2 Å². The Morgan fingerprint density at radius 1 is 1.19 bits per heavy atom. The van der Waals surface area contributed by atoms with Crippen molar-refractivity contribution in [1.82, 2.24) is 5.32 Å². The number of phenols is 1. The van der Waals surface area contributed by atoms with Gasteiger partial charge in [0.05, 0.1) is 12.8 Å². The van der Waals surface area contributed by atoms with E-state index >= 15 is 0 Å². The molecular weight excluding hydrogens is 372 g/mol. The molecule has 1 heterocycles. The molecular formula is C19H15ClN2O5. The van der Waals surface area contributed by atoms with Gasteiger partial charge >= 0.3 is 6.03 Å². The third kappa shape index (κ3) is 3.50. The molecule has 0 radical (unpaired) electrons. The average molecular weight is 387 g/mol. The number of carbonyl (C=O) groups excluding carboxylic acids is 3. The minimum atomic E-state index is -0.868. The largest absolute Gasteiger partial charge is 0.504 e. The number of halogens is 1. The van der Waals surface area contributed by atoms with E-state index in [1.54, 1.807) is 18.2 Å². The topological polar surface area (TPSA) is 95.9 Å². The molecule has 2 aromatic rings. The zero-order chi connectivity index (χ0) is 19.7.